The first-order chi connectivity index (χ1) is 14.2. The van der Waals surface area contributed by atoms with Gasteiger partial charge in [0.1, 0.15) is 12.1 Å². The Morgan fingerprint density at radius 2 is 1.87 bits per heavy atom. The smallest absolute Gasteiger partial charge is 0.306 e. The molecule has 0 bridgehead atoms. The van der Waals surface area contributed by atoms with E-state index < -0.39 is 41.6 Å². The Kier molecular flexibility index (Phi) is 5.15. The number of benzene rings is 1. The summed E-state index contributed by atoms with van der Waals surface area (Å²) in [5.74, 6) is -3.93. The lowest BCUT2D eigenvalue weighted by Crippen LogP contribution is -2.73. The highest BCUT2D eigenvalue weighted by molar-refractivity contribution is 6.30. The number of carboxylic acids is 1. The van der Waals surface area contributed by atoms with Gasteiger partial charge in [0.05, 0.1) is 10.9 Å². The number of hydrogen-bond acceptors (Lipinski definition) is 4. The third kappa shape index (κ3) is 3.40. The van der Waals surface area contributed by atoms with Gasteiger partial charge in [-0.3, -0.25) is 19.3 Å². The van der Waals surface area contributed by atoms with E-state index in [-0.39, 0.29) is 30.2 Å². The molecule has 4 rings (SSSR count). The summed E-state index contributed by atoms with van der Waals surface area (Å²) in [7, 11) is 0. The van der Waals surface area contributed by atoms with E-state index in [4.69, 9.17) is 23.2 Å². The molecule has 1 saturated heterocycles. The van der Waals surface area contributed by atoms with Gasteiger partial charge in [0, 0.05) is 17.8 Å². The maximum Gasteiger partial charge on any atom is 0.306 e. The number of aliphatic carboxylic acids is 1. The Balaban J connectivity index is 1.70. The number of carbonyl (C=O) groups is 3. The summed E-state index contributed by atoms with van der Waals surface area (Å²) in [5, 5.41) is 9.92. The number of aromatic nitrogens is 1. The van der Waals surface area contributed by atoms with E-state index >= 15 is 0 Å². The number of anilines is 1. The zero-order valence-corrected chi connectivity index (χ0v) is 17.0. The average molecular weight is 452 g/mol. The molecular weight excluding hydrogens is 436 g/mol. The maximum absolute atomic E-state index is 14.4. The van der Waals surface area contributed by atoms with Crippen LogP contribution in [0.5, 0.6) is 0 Å². The lowest BCUT2D eigenvalue weighted by atomic mass is 9.65. The van der Waals surface area contributed by atoms with Gasteiger partial charge in [-0.15, -0.1) is 0 Å². The number of carbonyl (C=O) groups excluding carboxylic acids is 2. The van der Waals surface area contributed by atoms with Crippen LogP contribution in [0.4, 0.5) is 10.2 Å². The minimum atomic E-state index is -1.37. The monoisotopic (exact) mass is 451 g/mol. The number of hydrogen-bond donors (Lipinski definition) is 1. The van der Waals surface area contributed by atoms with Gasteiger partial charge in [-0.05, 0) is 36.6 Å². The second-order valence-corrected chi connectivity index (χ2v) is 8.30. The maximum atomic E-state index is 14.4. The predicted molar refractivity (Wildman–Crippen MR) is 107 cm³/mol. The number of carboxylic acid groups (broad SMARTS) is 1. The van der Waals surface area contributed by atoms with Gasteiger partial charge in [0.15, 0.2) is 11.6 Å². The van der Waals surface area contributed by atoms with Gasteiger partial charge in [0.25, 0.3) is 5.91 Å². The van der Waals surface area contributed by atoms with Crippen LogP contribution >= 0.6 is 23.2 Å². The second-order valence-electron chi connectivity index (χ2n) is 7.43. The molecule has 1 saturated carbocycles. The van der Waals surface area contributed by atoms with Crippen molar-refractivity contribution in [2.45, 2.75) is 24.9 Å². The molecule has 1 N–H and O–H groups in total. The summed E-state index contributed by atoms with van der Waals surface area (Å²) < 4.78 is 14.4. The fraction of sp³-hybridized carbons (Fsp3) is 0.300. The van der Waals surface area contributed by atoms with E-state index in [1.54, 1.807) is 24.3 Å². The Morgan fingerprint density at radius 3 is 2.47 bits per heavy atom. The SMILES string of the molecule is O=C(O)C1CC2(C1)C(=O)N(c1ncc(Cl)cc1F)CC(=O)N2Cc1ccc(Cl)cc1. The lowest BCUT2D eigenvalue weighted by molar-refractivity contribution is -0.169. The van der Waals surface area contributed by atoms with Crippen molar-refractivity contribution in [3.63, 3.8) is 0 Å². The van der Waals surface area contributed by atoms with Crippen molar-refractivity contribution in [1.82, 2.24) is 9.88 Å². The van der Waals surface area contributed by atoms with Crippen molar-refractivity contribution in [2.75, 3.05) is 11.4 Å². The van der Waals surface area contributed by atoms with Crippen LogP contribution in [-0.2, 0) is 20.9 Å². The zero-order chi connectivity index (χ0) is 21.6. The molecule has 0 radical (unpaired) electrons. The number of amides is 2. The van der Waals surface area contributed by atoms with Gasteiger partial charge in [-0.25, -0.2) is 9.37 Å². The molecule has 1 aliphatic heterocycles. The summed E-state index contributed by atoms with van der Waals surface area (Å²) in [6.07, 6.45) is 1.09. The highest BCUT2D eigenvalue weighted by atomic mass is 35.5. The van der Waals surface area contributed by atoms with Crippen molar-refractivity contribution >= 4 is 46.8 Å². The van der Waals surface area contributed by atoms with Gasteiger partial charge >= 0.3 is 5.97 Å². The van der Waals surface area contributed by atoms with E-state index in [9.17, 15) is 23.9 Å². The third-order valence-electron chi connectivity index (χ3n) is 5.57. The fourth-order valence-corrected chi connectivity index (χ4v) is 4.28. The molecule has 2 aromatic rings. The molecule has 30 heavy (non-hydrogen) atoms. The molecule has 2 amide bonds. The van der Waals surface area contributed by atoms with Gasteiger partial charge in [-0.2, -0.15) is 0 Å². The Bertz CT molecular complexity index is 1040. The molecular formula is C20H16Cl2FN3O4. The van der Waals surface area contributed by atoms with Crippen LogP contribution in [0.2, 0.25) is 10.0 Å². The first-order valence-corrected chi connectivity index (χ1v) is 9.87. The van der Waals surface area contributed by atoms with Crippen LogP contribution < -0.4 is 4.90 Å². The van der Waals surface area contributed by atoms with Crippen molar-refractivity contribution in [1.29, 1.82) is 0 Å². The summed E-state index contributed by atoms with van der Waals surface area (Å²) in [6, 6.07) is 7.80. The van der Waals surface area contributed by atoms with Crippen molar-refractivity contribution in [3.05, 3.63) is 58.0 Å². The molecule has 2 aliphatic rings. The highest BCUT2D eigenvalue weighted by Crippen LogP contribution is 2.47. The largest absolute Gasteiger partial charge is 0.481 e. The van der Waals surface area contributed by atoms with E-state index in [0.29, 0.717) is 5.02 Å². The third-order valence-corrected chi connectivity index (χ3v) is 6.03. The summed E-state index contributed by atoms with van der Waals surface area (Å²) in [6.45, 7) is -0.296. The molecule has 0 unspecified atom stereocenters. The molecule has 1 aromatic carbocycles. The van der Waals surface area contributed by atoms with E-state index in [2.05, 4.69) is 4.98 Å². The fourth-order valence-electron chi connectivity index (χ4n) is 4.01. The molecule has 2 heterocycles. The highest BCUT2D eigenvalue weighted by Gasteiger charge is 2.62. The first-order valence-electron chi connectivity index (χ1n) is 9.12. The minimum absolute atomic E-state index is 0.0494. The van der Waals surface area contributed by atoms with Crippen LogP contribution in [0.1, 0.15) is 18.4 Å². The molecule has 1 aromatic heterocycles. The summed E-state index contributed by atoms with van der Waals surface area (Å²) in [4.78, 5) is 44.1. The normalized spacial score (nSPS) is 23.6. The Morgan fingerprint density at radius 1 is 1.20 bits per heavy atom. The summed E-state index contributed by atoms with van der Waals surface area (Å²) >= 11 is 11.6. The van der Waals surface area contributed by atoms with E-state index in [0.717, 1.165) is 16.5 Å². The second kappa shape index (κ2) is 7.52. The topological polar surface area (TPSA) is 90.8 Å². The number of rotatable bonds is 4. The Hall–Kier alpha value is -2.71. The number of pyridine rings is 1. The van der Waals surface area contributed by atoms with Crippen LogP contribution in [0.15, 0.2) is 36.5 Å². The number of nitrogens with zero attached hydrogens (tertiary/aromatic N) is 3. The summed E-state index contributed by atoms with van der Waals surface area (Å²) in [5.41, 5.74) is -0.630. The van der Waals surface area contributed by atoms with Gasteiger partial charge in [0.2, 0.25) is 5.91 Å². The molecule has 1 spiro atoms. The minimum Gasteiger partial charge on any atom is -0.481 e. The average Bonchev–Trinajstić information content (AvgIpc) is 2.65. The number of halogens is 3. The molecule has 0 atom stereocenters. The lowest BCUT2D eigenvalue weighted by Gasteiger charge is -2.55. The van der Waals surface area contributed by atoms with Crippen LogP contribution in [-0.4, -0.2) is 44.9 Å². The molecule has 2 fully saturated rings. The van der Waals surface area contributed by atoms with Gasteiger partial charge < -0.3 is 10.0 Å². The number of piperazine rings is 1. The first kappa shape index (κ1) is 20.6. The van der Waals surface area contributed by atoms with E-state index in [1.165, 1.54) is 11.1 Å². The van der Waals surface area contributed by atoms with Crippen LogP contribution in [0, 0.1) is 11.7 Å². The molecule has 156 valence electrons. The molecule has 10 heteroatoms. The van der Waals surface area contributed by atoms with Crippen molar-refractivity contribution < 1.29 is 23.9 Å². The quantitative estimate of drug-likeness (QED) is 0.770. The molecule has 7 nitrogen and oxygen atoms in total. The van der Waals surface area contributed by atoms with Crippen molar-refractivity contribution in [3.8, 4) is 0 Å². The van der Waals surface area contributed by atoms with Gasteiger partial charge in [-0.1, -0.05) is 35.3 Å². The zero-order valence-electron chi connectivity index (χ0n) is 15.5. The standard InChI is InChI=1S/C20H16Cl2FN3O4/c21-13-3-1-11(2-4-13)9-26-16(27)10-25(17-15(23)5-14(22)8-24-17)19(30)20(26)6-12(7-20)18(28)29/h1-5,8,12H,6-7,9-10H2,(H,28,29). The van der Waals surface area contributed by atoms with Crippen LogP contribution in [0.3, 0.4) is 0 Å². The van der Waals surface area contributed by atoms with E-state index in [1.807, 2.05) is 0 Å². The predicted octanol–water partition coefficient (Wildman–Crippen LogP) is 3.14. The Labute approximate surface area is 181 Å². The van der Waals surface area contributed by atoms with Crippen LogP contribution in [0.25, 0.3) is 0 Å². The van der Waals surface area contributed by atoms with Crippen molar-refractivity contribution in [2.24, 2.45) is 5.92 Å². The molecule has 1 aliphatic carbocycles.